The van der Waals surface area contributed by atoms with Crippen LogP contribution >= 0.6 is 0 Å². The fraction of sp³-hybridized carbons (Fsp3) is 0.367. The molecule has 2 aliphatic heterocycles. The molecule has 0 spiro atoms. The third kappa shape index (κ3) is 5.57. The Hall–Kier alpha value is -3.18. The lowest BCUT2D eigenvalue weighted by molar-refractivity contribution is -0.138. The van der Waals surface area contributed by atoms with E-state index in [1.807, 2.05) is 23.1 Å². The van der Waals surface area contributed by atoms with Crippen molar-refractivity contribution < 1.29 is 9.18 Å². The summed E-state index contributed by atoms with van der Waals surface area (Å²) in [6.07, 6.45) is 0.876. The van der Waals surface area contributed by atoms with Crippen LogP contribution in [0.1, 0.15) is 29.0 Å². The van der Waals surface area contributed by atoms with E-state index in [2.05, 4.69) is 65.3 Å². The van der Waals surface area contributed by atoms with Crippen LogP contribution in [0.3, 0.4) is 0 Å². The molecule has 35 heavy (non-hydrogen) atoms. The molecule has 5 heteroatoms. The zero-order valence-corrected chi connectivity index (χ0v) is 20.4. The summed E-state index contributed by atoms with van der Waals surface area (Å²) in [6, 6.07) is 26.2. The van der Waals surface area contributed by atoms with E-state index in [9.17, 15) is 9.18 Å². The van der Waals surface area contributed by atoms with Gasteiger partial charge >= 0.3 is 0 Å². The number of rotatable bonds is 5. The van der Waals surface area contributed by atoms with Gasteiger partial charge < -0.3 is 9.80 Å². The molecule has 0 aromatic heterocycles. The van der Waals surface area contributed by atoms with Crippen LogP contribution in [-0.2, 0) is 11.3 Å². The molecule has 2 atom stereocenters. The second-order valence-electron chi connectivity index (χ2n) is 9.99. The molecule has 0 radical (unpaired) electrons. The topological polar surface area (TPSA) is 26.8 Å². The summed E-state index contributed by atoms with van der Waals surface area (Å²) in [4.78, 5) is 20.2. The SMILES string of the molecule is Cc1cccc(C2CC(C(=O)N3CCN(c4ccccc4F)CC3)CN(Cc3ccccc3)C2)c1. The molecule has 0 saturated carbocycles. The molecule has 2 heterocycles. The summed E-state index contributed by atoms with van der Waals surface area (Å²) < 4.78 is 14.2. The second kappa shape index (κ2) is 10.6. The van der Waals surface area contributed by atoms with E-state index >= 15 is 0 Å². The standard InChI is InChI=1S/C30H34FN3O/c1-23-8-7-11-25(18-23)26-19-27(22-32(21-26)20-24-9-3-2-4-10-24)30(35)34-16-14-33(15-17-34)29-13-6-5-12-28(29)31/h2-13,18,26-27H,14-17,19-22H2,1H3. The fourth-order valence-corrected chi connectivity index (χ4v) is 5.64. The zero-order chi connectivity index (χ0) is 24.2. The smallest absolute Gasteiger partial charge is 0.227 e. The van der Waals surface area contributed by atoms with E-state index in [1.54, 1.807) is 6.07 Å². The molecule has 3 aromatic rings. The van der Waals surface area contributed by atoms with Gasteiger partial charge in [-0.25, -0.2) is 4.39 Å². The Balaban J connectivity index is 1.29. The number of likely N-dealkylation sites (tertiary alicyclic amines) is 1. The van der Waals surface area contributed by atoms with E-state index in [1.165, 1.54) is 22.8 Å². The first-order chi connectivity index (χ1) is 17.1. The Bertz CT molecular complexity index is 1140. The Morgan fingerprint density at radius 2 is 1.63 bits per heavy atom. The Kier molecular flexibility index (Phi) is 7.14. The zero-order valence-electron chi connectivity index (χ0n) is 20.4. The molecule has 0 N–H and O–H groups in total. The first kappa shape index (κ1) is 23.6. The molecule has 0 aliphatic carbocycles. The highest BCUT2D eigenvalue weighted by molar-refractivity contribution is 5.79. The van der Waals surface area contributed by atoms with E-state index in [-0.39, 0.29) is 17.6 Å². The van der Waals surface area contributed by atoms with Crippen molar-refractivity contribution in [2.24, 2.45) is 5.92 Å². The van der Waals surface area contributed by atoms with Crippen LogP contribution in [0.25, 0.3) is 0 Å². The average Bonchev–Trinajstić information content (AvgIpc) is 2.89. The number of benzene rings is 3. The van der Waals surface area contributed by atoms with Gasteiger partial charge in [0.1, 0.15) is 5.82 Å². The van der Waals surface area contributed by atoms with Crippen LogP contribution in [0.2, 0.25) is 0 Å². The number of carbonyl (C=O) groups excluding carboxylic acids is 1. The van der Waals surface area contributed by atoms with E-state index in [0.29, 0.717) is 37.8 Å². The molecular formula is C30H34FN3O. The molecule has 4 nitrogen and oxygen atoms in total. The molecule has 2 aliphatic rings. The molecular weight excluding hydrogens is 437 g/mol. The lowest BCUT2D eigenvalue weighted by Crippen LogP contribution is -2.53. The van der Waals surface area contributed by atoms with Crippen LogP contribution in [-0.4, -0.2) is 55.0 Å². The quantitative estimate of drug-likeness (QED) is 0.519. The number of halogens is 1. The predicted molar refractivity (Wildman–Crippen MR) is 139 cm³/mol. The molecule has 3 aromatic carbocycles. The van der Waals surface area contributed by atoms with Crippen molar-refractivity contribution in [1.82, 2.24) is 9.80 Å². The summed E-state index contributed by atoms with van der Waals surface area (Å²) >= 11 is 0. The number of aryl methyl sites for hydroxylation is 1. The van der Waals surface area contributed by atoms with Crippen molar-refractivity contribution in [1.29, 1.82) is 0 Å². The molecule has 182 valence electrons. The van der Waals surface area contributed by atoms with Crippen LogP contribution in [0.15, 0.2) is 78.9 Å². The minimum atomic E-state index is -0.197. The van der Waals surface area contributed by atoms with Crippen LogP contribution in [0, 0.1) is 18.7 Å². The van der Waals surface area contributed by atoms with Crippen LogP contribution in [0.5, 0.6) is 0 Å². The summed E-state index contributed by atoms with van der Waals surface area (Å²) in [5, 5.41) is 0. The maximum absolute atomic E-state index is 14.2. The minimum Gasteiger partial charge on any atom is -0.366 e. The van der Waals surface area contributed by atoms with E-state index in [4.69, 9.17) is 0 Å². The van der Waals surface area contributed by atoms with Gasteiger partial charge in [0.15, 0.2) is 0 Å². The third-order valence-corrected chi connectivity index (χ3v) is 7.42. The largest absolute Gasteiger partial charge is 0.366 e. The number of para-hydroxylation sites is 1. The maximum Gasteiger partial charge on any atom is 0.227 e. The number of nitrogens with zero attached hydrogens (tertiary/aromatic N) is 3. The van der Waals surface area contributed by atoms with Gasteiger partial charge in [-0.3, -0.25) is 9.69 Å². The molecule has 2 unspecified atom stereocenters. The van der Waals surface area contributed by atoms with Gasteiger partial charge in [0, 0.05) is 45.8 Å². The van der Waals surface area contributed by atoms with Crippen LogP contribution < -0.4 is 4.90 Å². The lowest BCUT2D eigenvalue weighted by atomic mass is 9.83. The van der Waals surface area contributed by atoms with Crippen molar-refractivity contribution in [3.05, 3.63) is 101 Å². The molecule has 1 amide bonds. The van der Waals surface area contributed by atoms with Crippen molar-refractivity contribution >= 4 is 11.6 Å². The van der Waals surface area contributed by atoms with Gasteiger partial charge in [0.25, 0.3) is 0 Å². The Morgan fingerprint density at radius 1 is 0.886 bits per heavy atom. The number of hydrogen-bond donors (Lipinski definition) is 0. The summed E-state index contributed by atoms with van der Waals surface area (Å²) in [5.74, 6) is 0.352. The van der Waals surface area contributed by atoms with Gasteiger partial charge in [-0.15, -0.1) is 0 Å². The van der Waals surface area contributed by atoms with Crippen LogP contribution in [0.4, 0.5) is 10.1 Å². The molecule has 2 fully saturated rings. The van der Waals surface area contributed by atoms with Gasteiger partial charge in [-0.2, -0.15) is 0 Å². The van der Waals surface area contributed by atoms with Gasteiger partial charge in [0.05, 0.1) is 11.6 Å². The second-order valence-corrected chi connectivity index (χ2v) is 9.99. The molecule has 5 rings (SSSR count). The summed E-state index contributed by atoms with van der Waals surface area (Å²) in [7, 11) is 0. The molecule has 0 bridgehead atoms. The minimum absolute atomic E-state index is 0.0296. The summed E-state index contributed by atoms with van der Waals surface area (Å²) in [5.41, 5.74) is 4.49. The number of anilines is 1. The first-order valence-corrected chi connectivity index (χ1v) is 12.7. The van der Waals surface area contributed by atoms with Crippen molar-refractivity contribution in [3.8, 4) is 0 Å². The monoisotopic (exact) mass is 471 g/mol. The normalized spacial score (nSPS) is 21.2. The van der Waals surface area contributed by atoms with E-state index < -0.39 is 0 Å². The predicted octanol–water partition coefficient (Wildman–Crippen LogP) is 5.09. The number of carbonyl (C=O) groups is 1. The van der Waals surface area contributed by atoms with Crippen molar-refractivity contribution in [2.45, 2.75) is 25.8 Å². The van der Waals surface area contributed by atoms with E-state index in [0.717, 1.165) is 26.1 Å². The average molecular weight is 472 g/mol. The van der Waals surface area contributed by atoms with Gasteiger partial charge in [-0.1, -0.05) is 72.3 Å². The Labute approximate surface area is 208 Å². The van der Waals surface area contributed by atoms with Gasteiger partial charge in [0.2, 0.25) is 5.91 Å². The highest BCUT2D eigenvalue weighted by Gasteiger charge is 2.35. The number of hydrogen-bond acceptors (Lipinski definition) is 3. The van der Waals surface area contributed by atoms with Crippen molar-refractivity contribution in [2.75, 3.05) is 44.2 Å². The fourth-order valence-electron chi connectivity index (χ4n) is 5.64. The van der Waals surface area contributed by atoms with Gasteiger partial charge in [-0.05, 0) is 42.5 Å². The first-order valence-electron chi connectivity index (χ1n) is 12.7. The number of piperazine rings is 1. The number of amides is 1. The highest BCUT2D eigenvalue weighted by atomic mass is 19.1. The maximum atomic E-state index is 14.2. The highest BCUT2D eigenvalue weighted by Crippen LogP contribution is 2.33. The summed E-state index contributed by atoms with van der Waals surface area (Å²) in [6.45, 7) is 7.32. The molecule has 2 saturated heterocycles. The third-order valence-electron chi connectivity index (χ3n) is 7.42. The number of piperidine rings is 1. The Morgan fingerprint density at radius 3 is 2.37 bits per heavy atom. The van der Waals surface area contributed by atoms with Crippen molar-refractivity contribution in [3.63, 3.8) is 0 Å². The lowest BCUT2D eigenvalue weighted by Gasteiger charge is -2.42.